The first-order chi connectivity index (χ1) is 14.6. The van der Waals surface area contributed by atoms with Crippen LogP contribution >= 0.6 is 11.3 Å². The summed E-state index contributed by atoms with van der Waals surface area (Å²) < 4.78 is 7.35. The lowest BCUT2D eigenvalue weighted by Gasteiger charge is -2.26. The highest BCUT2D eigenvalue weighted by Gasteiger charge is 2.23. The quantitative estimate of drug-likeness (QED) is 0.611. The molecule has 2 aromatic heterocycles. The lowest BCUT2D eigenvalue weighted by atomic mass is 10.1. The van der Waals surface area contributed by atoms with E-state index in [-0.39, 0.29) is 11.8 Å². The zero-order chi connectivity index (χ0) is 21.1. The van der Waals surface area contributed by atoms with Crippen molar-refractivity contribution < 1.29 is 14.3 Å². The second-order valence-corrected chi connectivity index (χ2v) is 8.09. The molecule has 1 aliphatic heterocycles. The number of aryl methyl sites for hydroxylation is 1. The number of hydrazine groups is 1. The first kappa shape index (κ1) is 20.5. The Hall–Kier alpha value is -2.75. The molecule has 0 bridgehead atoms. The topological polar surface area (TPSA) is 88.0 Å². The lowest BCUT2D eigenvalue weighted by Crippen LogP contribution is -2.41. The summed E-state index contributed by atoms with van der Waals surface area (Å²) in [6.07, 6.45) is 0.294. The predicted molar refractivity (Wildman–Crippen MR) is 115 cm³/mol. The number of nitrogens with zero attached hydrogens (tertiary/aromatic N) is 3. The van der Waals surface area contributed by atoms with Gasteiger partial charge in [-0.2, -0.15) is 0 Å². The van der Waals surface area contributed by atoms with Crippen molar-refractivity contribution in [3.05, 3.63) is 46.6 Å². The molecule has 0 atom stereocenters. The first-order valence-corrected chi connectivity index (χ1v) is 10.9. The summed E-state index contributed by atoms with van der Waals surface area (Å²) in [5.41, 5.74) is 9.39. The molecule has 3 aromatic rings. The van der Waals surface area contributed by atoms with Crippen LogP contribution in [0.4, 0.5) is 0 Å². The fourth-order valence-electron chi connectivity index (χ4n) is 3.43. The number of morpholine rings is 1. The number of rotatable bonds is 5. The second-order valence-electron chi connectivity index (χ2n) is 7.26. The Balaban J connectivity index is 1.74. The maximum atomic E-state index is 12.8. The van der Waals surface area contributed by atoms with Gasteiger partial charge in [-0.25, -0.2) is 4.98 Å². The number of benzene rings is 1. The van der Waals surface area contributed by atoms with Crippen molar-refractivity contribution in [2.45, 2.75) is 26.8 Å². The number of imidazole rings is 1. The average Bonchev–Trinajstić information content (AvgIpc) is 3.32. The number of carbonyl (C=O) groups is 2. The van der Waals surface area contributed by atoms with Crippen molar-refractivity contribution in [3.8, 4) is 11.3 Å². The fourth-order valence-corrected chi connectivity index (χ4v) is 4.32. The summed E-state index contributed by atoms with van der Waals surface area (Å²) in [5, 5.41) is 1.77. The van der Waals surface area contributed by atoms with E-state index < -0.39 is 0 Å². The fraction of sp³-hybridized carbons (Fsp3) is 0.381. The Morgan fingerprint density at radius 2 is 1.90 bits per heavy atom. The second kappa shape index (κ2) is 8.95. The number of aromatic nitrogens is 2. The summed E-state index contributed by atoms with van der Waals surface area (Å²) in [4.78, 5) is 32.2. The molecule has 0 spiro atoms. The van der Waals surface area contributed by atoms with Crippen LogP contribution in [0.1, 0.15) is 35.1 Å². The maximum Gasteiger partial charge on any atom is 0.287 e. The maximum absolute atomic E-state index is 12.8. The number of hydrogen-bond donors (Lipinski definition) is 2. The predicted octanol–water partition coefficient (Wildman–Crippen LogP) is 2.37. The number of carbonyl (C=O) groups excluding carboxylic acids is 2. The molecule has 0 radical (unpaired) electrons. The summed E-state index contributed by atoms with van der Waals surface area (Å²) in [5.74, 6) is -0.612. The van der Waals surface area contributed by atoms with Crippen LogP contribution < -0.4 is 10.9 Å². The van der Waals surface area contributed by atoms with E-state index in [1.165, 1.54) is 16.9 Å². The highest BCUT2D eigenvalue weighted by molar-refractivity contribution is 7.15. The van der Waals surface area contributed by atoms with Crippen LogP contribution in [0.3, 0.4) is 0 Å². The minimum atomic E-state index is -0.369. The van der Waals surface area contributed by atoms with E-state index in [0.29, 0.717) is 31.9 Å². The number of fused-ring (bicyclic) bond motifs is 1. The van der Waals surface area contributed by atoms with Crippen molar-refractivity contribution >= 4 is 28.1 Å². The molecule has 8 nitrogen and oxygen atoms in total. The number of nitrogens with one attached hydrogen (secondary N) is 2. The SMILES string of the molecule is CCC(=O)NNC(=O)c1csc2nc(CN3CCOCC3)c(-c3ccc(C)cc3)n12. The van der Waals surface area contributed by atoms with Gasteiger partial charge < -0.3 is 4.74 Å². The van der Waals surface area contributed by atoms with Crippen molar-refractivity contribution in [1.82, 2.24) is 25.1 Å². The van der Waals surface area contributed by atoms with Gasteiger partial charge in [0.25, 0.3) is 5.91 Å². The number of thiazole rings is 1. The largest absolute Gasteiger partial charge is 0.379 e. The third-order valence-corrected chi connectivity index (χ3v) is 5.93. The normalized spacial score (nSPS) is 14.7. The van der Waals surface area contributed by atoms with E-state index in [1.54, 1.807) is 12.3 Å². The van der Waals surface area contributed by atoms with Crippen LogP contribution in [0.2, 0.25) is 0 Å². The van der Waals surface area contributed by atoms with Gasteiger partial charge in [-0.15, -0.1) is 11.3 Å². The molecule has 1 saturated heterocycles. The van der Waals surface area contributed by atoms with E-state index in [2.05, 4.69) is 40.0 Å². The molecule has 1 fully saturated rings. The Labute approximate surface area is 178 Å². The summed E-state index contributed by atoms with van der Waals surface area (Å²) in [6.45, 7) is 7.61. The van der Waals surface area contributed by atoms with Crippen molar-refractivity contribution in [2.75, 3.05) is 26.3 Å². The minimum Gasteiger partial charge on any atom is -0.379 e. The molecular weight excluding hydrogens is 402 g/mol. The van der Waals surface area contributed by atoms with Crippen LogP contribution in [0, 0.1) is 6.92 Å². The minimum absolute atomic E-state index is 0.243. The molecule has 1 aliphatic rings. The van der Waals surface area contributed by atoms with Crippen LogP contribution in [-0.2, 0) is 16.1 Å². The molecule has 158 valence electrons. The van der Waals surface area contributed by atoms with Crippen LogP contribution in [-0.4, -0.2) is 52.4 Å². The number of ether oxygens (including phenoxy) is 1. The monoisotopic (exact) mass is 427 g/mol. The average molecular weight is 428 g/mol. The molecule has 0 saturated carbocycles. The highest BCUT2D eigenvalue weighted by atomic mass is 32.1. The van der Waals surface area contributed by atoms with Crippen molar-refractivity contribution in [3.63, 3.8) is 0 Å². The Kier molecular flexibility index (Phi) is 6.12. The van der Waals surface area contributed by atoms with Crippen LogP contribution in [0.25, 0.3) is 16.2 Å². The van der Waals surface area contributed by atoms with E-state index in [9.17, 15) is 9.59 Å². The van der Waals surface area contributed by atoms with Crippen LogP contribution in [0.5, 0.6) is 0 Å². The lowest BCUT2D eigenvalue weighted by molar-refractivity contribution is -0.121. The van der Waals surface area contributed by atoms with Gasteiger partial charge in [0.1, 0.15) is 5.69 Å². The third-order valence-electron chi connectivity index (χ3n) is 5.11. The van der Waals surface area contributed by atoms with Gasteiger partial charge in [-0.1, -0.05) is 36.8 Å². The van der Waals surface area contributed by atoms with E-state index >= 15 is 0 Å². The molecule has 0 aliphatic carbocycles. The summed E-state index contributed by atoms with van der Waals surface area (Å²) in [6, 6.07) is 8.22. The zero-order valence-electron chi connectivity index (χ0n) is 17.1. The van der Waals surface area contributed by atoms with Gasteiger partial charge in [0.05, 0.1) is 24.6 Å². The molecule has 30 heavy (non-hydrogen) atoms. The Morgan fingerprint density at radius 1 is 1.17 bits per heavy atom. The van der Waals surface area contributed by atoms with Gasteiger partial charge in [0.2, 0.25) is 5.91 Å². The van der Waals surface area contributed by atoms with Crippen molar-refractivity contribution in [1.29, 1.82) is 0 Å². The summed E-state index contributed by atoms with van der Waals surface area (Å²) in [7, 11) is 0. The standard InChI is InChI=1S/C21H25N5O3S/c1-3-18(27)23-24-20(28)17-13-30-21-22-16(12-25-8-10-29-11-9-25)19(26(17)21)15-6-4-14(2)5-7-15/h4-7,13H,3,8-12H2,1-2H3,(H,23,27)(H,24,28). The van der Waals surface area contributed by atoms with Gasteiger partial charge in [-0.05, 0) is 6.92 Å². The zero-order valence-corrected chi connectivity index (χ0v) is 17.9. The van der Waals surface area contributed by atoms with Gasteiger partial charge in [0, 0.05) is 37.0 Å². The molecule has 9 heteroatoms. The molecule has 2 amide bonds. The molecular formula is C21H25N5O3S. The summed E-state index contributed by atoms with van der Waals surface area (Å²) >= 11 is 1.41. The molecule has 2 N–H and O–H groups in total. The Bertz CT molecular complexity index is 1050. The van der Waals surface area contributed by atoms with Crippen molar-refractivity contribution in [2.24, 2.45) is 0 Å². The van der Waals surface area contributed by atoms with E-state index in [4.69, 9.17) is 9.72 Å². The van der Waals surface area contributed by atoms with Gasteiger partial charge in [-0.3, -0.25) is 29.7 Å². The highest BCUT2D eigenvalue weighted by Crippen LogP contribution is 2.31. The van der Waals surface area contributed by atoms with Gasteiger partial charge in [0.15, 0.2) is 4.96 Å². The number of hydrogen-bond acceptors (Lipinski definition) is 6. The Morgan fingerprint density at radius 3 is 2.60 bits per heavy atom. The first-order valence-electron chi connectivity index (χ1n) is 10.0. The van der Waals surface area contributed by atoms with E-state index in [1.807, 2.05) is 11.3 Å². The smallest absolute Gasteiger partial charge is 0.287 e. The molecule has 0 unspecified atom stereocenters. The van der Waals surface area contributed by atoms with E-state index in [0.717, 1.165) is 35.0 Å². The number of amides is 2. The van der Waals surface area contributed by atoms with Crippen LogP contribution in [0.15, 0.2) is 29.6 Å². The molecule has 3 heterocycles. The molecule has 4 rings (SSSR count). The third kappa shape index (κ3) is 4.23. The molecule has 1 aromatic carbocycles. The van der Waals surface area contributed by atoms with Gasteiger partial charge >= 0.3 is 0 Å².